The molecule has 5 aliphatic heterocycles. The van der Waals surface area contributed by atoms with Crippen LogP contribution < -0.4 is 15.3 Å². The summed E-state index contributed by atoms with van der Waals surface area (Å²) in [4.78, 5) is 9.56. The summed E-state index contributed by atoms with van der Waals surface area (Å²) in [7, 11) is 0. The van der Waals surface area contributed by atoms with Gasteiger partial charge in [0, 0.05) is 19.6 Å². The molecular weight excluding hydrogens is 636 g/mol. The Morgan fingerprint density at radius 3 is 2.88 bits per heavy atom. The number of hydrogen-bond acceptors (Lipinski definition) is 8. The number of alkyl halides is 3. The van der Waals surface area contributed by atoms with E-state index < -0.39 is 43.0 Å². The van der Waals surface area contributed by atoms with E-state index >= 15 is 4.39 Å². The second kappa shape index (κ2) is 11.7. The molecule has 5 aliphatic rings. The summed E-state index contributed by atoms with van der Waals surface area (Å²) in [5.41, 5.74) is -0.527. The molecule has 8 nitrogen and oxygen atoms in total. The number of benzene rings is 1. The Morgan fingerprint density at radius 2 is 2.12 bits per heavy atom. The van der Waals surface area contributed by atoms with Crippen LogP contribution in [0, 0.1) is 5.82 Å². The van der Waals surface area contributed by atoms with Crippen LogP contribution in [0.3, 0.4) is 0 Å². The van der Waals surface area contributed by atoms with Crippen molar-refractivity contribution in [2.75, 3.05) is 39.5 Å². The van der Waals surface area contributed by atoms with Gasteiger partial charge >= 0.3 is 5.95 Å². The van der Waals surface area contributed by atoms with Gasteiger partial charge in [-0.15, -0.1) is 0 Å². The van der Waals surface area contributed by atoms with E-state index in [1.807, 2.05) is 0 Å². The van der Waals surface area contributed by atoms with Crippen LogP contribution in [-0.2, 0) is 14.2 Å². The monoisotopic (exact) mass is 666 g/mol. The molecule has 0 bridgehead atoms. The molecule has 4 atom stereocenters. The van der Waals surface area contributed by atoms with Gasteiger partial charge in [-0.25, -0.2) is 17.6 Å². The molecule has 2 unspecified atom stereocenters. The van der Waals surface area contributed by atoms with Crippen molar-refractivity contribution < 1.29 is 36.5 Å². The van der Waals surface area contributed by atoms with E-state index in [0.717, 1.165) is 32.2 Å². The van der Waals surface area contributed by atoms with Crippen LogP contribution in [0.5, 0.6) is 5.75 Å². The highest BCUT2D eigenvalue weighted by atomic mass is 79.9. The molecule has 0 spiro atoms. The minimum atomic E-state index is -2.76. The SMILES string of the molecule is CC(OC1CCCCO1)N1CN=c2c(Cl)c(Br)c(F)c3c2=C1N(CC(F)F)C=C(OC[C@@]12CCCN1C[C@H](F)C2)O3. The summed E-state index contributed by atoms with van der Waals surface area (Å²) in [6.07, 6.45) is 0.933. The molecule has 0 amide bonds. The van der Waals surface area contributed by atoms with Crippen molar-refractivity contribution in [3.05, 3.63) is 38.0 Å². The van der Waals surface area contributed by atoms with Gasteiger partial charge in [0.1, 0.15) is 31.5 Å². The lowest BCUT2D eigenvalue weighted by molar-refractivity contribution is -0.209. The fourth-order valence-corrected chi connectivity index (χ4v) is 7.07. The molecule has 1 aromatic carbocycles. The van der Waals surface area contributed by atoms with Crippen molar-refractivity contribution >= 4 is 33.4 Å². The summed E-state index contributed by atoms with van der Waals surface area (Å²) >= 11 is 9.69. The Hall–Kier alpha value is -1.80. The predicted octanol–water partition coefficient (Wildman–Crippen LogP) is 4.44. The average Bonchev–Trinajstić information content (AvgIpc) is 3.41. The number of fused-ring (bicyclic) bond motifs is 1. The third-order valence-corrected chi connectivity index (χ3v) is 9.71. The van der Waals surface area contributed by atoms with Crippen LogP contribution in [0.2, 0.25) is 5.02 Å². The summed E-state index contributed by atoms with van der Waals surface area (Å²) < 4.78 is 82.1. The van der Waals surface area contributed by atoms with Crippen molar-refractivity contribution in [3.8, 4) is 5.75 Å². The zero-order valence-corrected chi connectivity index (χ0v) is 24.9. The van der Waals surface area contributed by atoms with Crippen molar-refractivity contribution in [2.45, 2.75) is 76.1 Å². The lowest BCUT2D eigenvalue weighted by Crippen LogP contribution is -2.51. The normalized spacial score (nSPS) is 28.6. The Balaban J connectivity index is 1.41. The highest BCUT2D eigenvalue weighted by Gasteiger charge is 2.49. The van der Waals surface area contributed by atoms with Crippen LogP contribution >= 0.6 is 27.5 Å². The quantitative estimate of drug-likeness (QED) is 0.300. The van der Waals surface area contributed by atoms with Crippen molar-refractivity contribution in [1.29, 1.82) is 0 Å². The van der Waals surface area contributed by atoms with E-state index in [9.17, 15) is 13.2 Å². The lowest BCUT2D eigenvalue weighted by Gasteiger charge is -2.39. The Kier molecular flexibility index (Phi) is 8.36. The summed E-state index contributed by atoms with van der Waals surface area (Å²) in [6, 6.07) is 0. The maximum Gasteiger partial charge on any atom is 0.302 e. The van der Waals surface area contributed by atoms with E-state index in [-0.39, 0.29) is 50.9 Å². The molecule has 3 fully saturated rings. The van der Waals surface area contributed by atoms with Gasteiger partial charge in [0.25, 0.3) is 6.43 Å². The molecule has 5 heterocycles. The van der Waals surface area contributed by atoms with Gasteiger partial charge in [-0.2, -0.15) is 0 Å². The highest BCUT2D eigenvalue weighted by Crippen LogP contribution is 2.41. The zero-order valence-electron chi connectivity index (χ0n) is 22.6. The molecule has 0 aliphatic carbocycles. The molecule has 14 heteroatoms. The first-order valence-electron chi connectivity index (χ1n) is 13.9. The van der Waals surface area contributed by atoms with Crippen molar-refractivity contribution in [3.63, 3.8) is 0 Å². The van der Waals surface area contributed by atoms with E-state index in [4.69, 9.17) is 30.5 Å². The minimum absolute atomic E-state index is 0.00650. The largest absolute Gasteiger partial charge is 0.462 e. The number of hydrogen-bond donors (Lipinski definition) is 0. The Bertz CT molecular complexity index is 1330. The maximum atomic E-state index is 15.8. The number of rotatable bonds is 8. The van der Waals surface area contributed by atoms with Crippen LogP contribution in [-0.4, -0.2) is 84.9 Å². The summed E-state index contributed by atoms with van der Waals surface area (Å²) in [6.45, 7) is 2.74. The van der Waals surface area contributed by atoms with Crippen LogP contribution in [0.25, 0.3) is 5.82 Å². The van der Waals surface area contributed by atoms with Gasteiger partial charge in [-0.3, -0.25) is 9.89 Å². The van der Waals surface area contributed by atoms with Gasteiger partial charge in [-0.05, 0) is 61.5 Å². The second-order valence-electron chi connectivity index (χ2n) is 11.1. The lowest BCUT2D eigenvalue weighted by atomic mass is 9.95. The standard InChI is InChI=1S/C27H32BrClF4N4O4/c1-15(40-18-5-2-3-8-38-18)37-14-34-24-20-25(23(33)21(28)22(24)29)41-19(12-35(26(20)37)11-17(31)32)39-13-27-6-4-7-36(27)10-16(30)9-27/h12,15-18H,2-11,13-14H2,1H3/t15?,16-,18?,27+/m1/s1. The topological polar surface area (TPSA) is 59.0 Å². The fourth-order valence-electron chi connectivity index (χ4n) is 6.47. The first kappa shape index (κ1) is 29.3. The molecule has 0 N–H and O–H groups in total. The Morgan fingerprint density at radius 1 is 1.29 bits per heavy atom. The number of halogens is 6. The van der Waals surface area contributed by atoms with Gasteiger partial charge < -0.3 is 28.7 Å². The molecule has 226 valence electrons. The van der Waals surface area contributed by atoms with Gasteiger partial charge in [0.2, 0.25) is 0 Å². The first-order valence-corrected chi connectivity index (χ1v) is 15.1. The third-order valence-electron chi connectivity index (χ3n) is 8.37. The molecule has 1 aromatic rings. The molecule has 0 radical (unpaired) electrons. The van der Waals surface area contributed by atoms with Crippen molar-refractivity contribution in [2.24, 2.45) is 4.99 Å². The number of nitrogens with zero attached hydrogens (tertiary/aromatic N) is 4. The summed E-state index contributed by atoms with van der Waals surface area (Å²) in [5, 5.41) is 0.309. The van der Waals surface area contributed by atoms with E-state index in [2.05, 4.69) is 25.8 Å². The highest BCUT2D eigenvalue weighted by molar-refractivity contribution is 9.10. The average molecular weight is 668 g/mol. The molecule has 0 aromatic heterocycles. The van der Waals surface area contributed by atoms with E-state index in [0.29, 0.717) is 26.0 Å². The summed E-state index contributed by atoms with van der Waals surface area (Å²) in [5.74, 6) is -1.08. The molecule has 41 heavy (non-hydrogen) atoms. The first-order chi connectivity index (χ1) is 19.7. The second-order valence-corrected chi connectivity index (χ2v) is 12.2. The van der Waals surface area contributed by atoms with Gasteiger partial charge in [0.05, 0.1) is 38.4 Å². The van der Waals surface area contributed by atoms with Gasteiger partial charge in [-0.1, -0.05) is 11.6 Å². The fraction of sp³-hybridized carbons (Fsp3) is 0.667. The number of ether oxygens (including phenoxy) is 4. The van der Waals surface area contributed by atoms with E-state index in [1.54, 1.807) is 11.8 Å². The third kappa shape index (κ3) is 5.52. The predicted molar refractivity (Wildman–Crippen MR) is 145 cm³/mol. The zero-order chi connectivity index (χ0) is 28.9. The van der Waals surface area contributed by atoms with Crippen LogP contribution in [0.1, 0.15) is 45.4 Å². The minimum Gasteiger partial charge on any atom is -0.462 e. The molecule has 6 rings (SSSR count). The van der Waals surface area contributed by atoms with Crippen molar-refractivity contribution in [1.82, 2.24) is 14.7 Å². The Labute approximate surface area is 248 Å². The smallest absolute Gasteiger partial charge is 0.302 e. The van der Waals surface area contributed by atoms with Crippen LogP contribution in [0.15, 0.2) is 21.6 Å². The van der Waals surface area contributed by atoms with Crippen LogP contribution in [0.4, 0.5) is 17.6 Å². The maximum absolute atomic E-state index is 15.8. The molecule has 3 saturated heterocycles. The molecular formula is C27H32BrClF4N4O4. The van der Waals surface area contributed by atoms with E-state index in [1.165, 1.54) is 11.1 Å². The molecule has 0 saturated carbocycles. The van der Waals surface area contributed by atoms with Gasteiger partial charge in [0.15, 0.2) is 17.9 Å².